The molecular weight excluding hydrogens is 228 g/mol. The predicted octanol–water partition coefficient (Wildman–Crippen LogP) is 2.12. The van der Waals surface area contributed by atoms with Gasteiger partial charge >= 0.3 is 0 Å². The summed E-state index contributed by atoms with van der Waals surface area (Å²) >= 11 is 0. The number of hydrogen-bond acceptors (Lipinski definition) is 4. The summed E-state index contributed by atoms with van der Waals surface area (Å²) in [6, 6.07) is 16.9. The normalized spacial score (nSPS) is 11.9. The van der Waals surface area contributed by atoms with Crippen LogP contribution in [-0.2, 0) is 0 Å². The maximum Gasteiger partial charge on any atom is 0.201 e. The Morgan fingerprint density at radius 2 is 1.72 bits per heavy atom. The van der Waals surface area contributed by atoms with E-state index in [0.717, 1.165) is 16.6 Å². The molecule has 0 saturated heterocycles. The van der Waals surface area contributed by atoms with Crippen LogP contribution in [0.1, 0.15) is 5.56 Å². The Labute approximate surface area is 103 Å². The molecule has 2 aromatic carbocycles. The molecule has 0 saturated carbocycles. The highest BCUT2D eigenvalue weighted by atomic mass is 16.4. The van der Waals surface area contributed by atoms with Crippen LogP contribution >= 0.6 is 0 Å². The smallest absolute Gasteiger partial charge is 0.201 e. The molecule has 1 heterocycles. The number of hydrogen-bond donors (Lipinski definition) is 1. The lowest BCUT2D eigenvalue weighted by Crippen LogP contribution is -2.15. The van der Waals surface area contributed by atoms with Gasteiger partial charge in [-0.3, -0.25) is 0 Å². The minimum Gasteiger partial charge on any atom is -0.409 e. The maximum atomic E-state index is 9.21. The molecule has 5 heteroatoms. The molecule has 1 N–H and O–H groups in total. The number of oxime groups is 1. The van der Waals surface area contributed by atoms with E-state index in [0.29, 0.717) is 5.84 Å². The first kappa shape index (κ1) is 10.5. The van der Waals surface area contributed by atoms with Crippen LogP contribution in [0.5, 0.6) is 0 Å². The van der Waals surface area contributed by atoms with Crippen LogP contribution < -0.4 is 0 Å². The lowest BCUT2D eigenvalue weighted by atomic mass is 10.2. The van der Waals surface area contributed by atoms with Crippen molar-refractivity contribution in [2.24, 2.45) is 5.16 Å². The Balaban J connectivity index is 2.19. The second-order valence-electron chi connectivity index (χ2n) is 3.78. The third kappa shape index (κ3) is 1.62. The zero-order valence-corrected chi connectivity index (χ0v) is 9.43. The largest absolute Gasteiger partial charge is 0.409 e. The molecule has 0 aliphatic rings. The third-order valence-corrected chi connectivity index (χ3v) is 2.68. The van der Waals surface area contributed by atoms with Gasteiger partial charge in [-0.2, -0.15) is 4.68 Å². The van der Waals surface area contributed by atoms with E-state index in [-0.39, 0.29) is 0 Å². The highest BCUT2D eigenvalue weighted by molar-refractivity contribution is 6.03. The monoisotopic (exact) mass is 238 g/mol. The van der Waals surface area contributed by atoms with Crippen LogP contribution in [0.25, 0.3) is 11.0 Å². The lowest BCUT2D eigenvalue weighted by Gasteiger charge is -2.04. The minimum atomic E-state index is 0.351. The number of benzene rings is 2. The van der Waals surface area contributed by atoms with Crippen LogP contribution in [-0.4, -0.2) is 26.0 Å². The molecule has 3 aromatic rings. The molecular formula is C13H10N4O. The molecule has 0 bridgehead atoms. The summed E-state index contributed by atoms with van der Waals surface area (Å²) < 4.78 is 1.52. The second-order valence-corrected chi connectivity index (χ2v) is 3.78. The molecule has 5 nitrogen and oxygen atoms in total. The van der Waals surface area contributed by atoms with Crippen molar-refractivity contribution in [3.63, 3.8) is 0 Å². The summed E-state index contributed by atoms with van der Waals surface area (Å²) in [5, 5.41) is 20.6. The first-order chi connectivity index (χ1) is 8.90. The number of rotatable bonds is 1. The van der Waals surface area contributed by atoms with E-state index in [1.807, 2.05) is 54.6 Å². The van der Waals surface area contributed by atoms with Crippen molar-refractivity contribution in [1.82, 2.24) is 15.0 Å². The molecule has 0 radical (unpaired) electrons. The van der Waals surface area contributed by atoms with Crippen molar-refractivity contribution < 1.29 is 5.21 Å². The van der Waals surface area contributed by atoms with Crippen molar-refractivity contribution in [2.45, 2.75) is 0 Å². The van der Waals surface area contributed by atoms with Crippen molar-refractivity contribution in [2.75, 3.05) is 0 Å². The molecule has 0 unspecified atom stereocenters. The van der Waals surface area contributed by atoms with E-state index in [1.54, 1.807) is 0 Å². The number of fused-ring (bicyclic) bond motifs is 1. The summed E-state index contributed by atoms with van der Waals surface area (Å²) in [7, 11) is 0. The van der Waals surface area contributed by atoms with Crippen molar-refractivity contribution in [3.8, 4) is 0 Å². The van der Waals surface area contributed by atoms with Crippen molar-refractivity contribution >= 4 is 16.9 Å². The van der Waals surface area contributed by atoms with Gasteiger partial charge in [0.15, 0.2) is 0 Å². The molecule has 0 spiro atoms. The minimum absolute atomic E-state index is 0.351. The van der Waals surface area contributed by atoms with Gasteiger partial charge in [-0.25, -0.2) is 0 Å². The van der Waals surface area contributed by atoms with E-state index in [1.165, 1.54) is 4.68 Å². The van der Waals surface area contributed by atoms with Gasteiger partial charge in [0.25, 0.3) is 0 Å². The fourth-order valence-electron chi connectivity index (χ4n) is 1.83. The number of nitrogens with zero attached hydrogens (tertiary/aromatic N) is 4. The SMILES string of the molecule is ON=C(c1ccccc1)n1nnc2ccccc21. The summed E-state index contributed by atoms with van der Waals surface area (Å²) in [6.45, 7) is 0. The molecule has 18 heavy (non-hydrogen) atoms. The van der Waals surface area contributed by atoms with Crippen LogP contribution in [0.15, 0.2) is 59.8 Å². The molecule has 1 aromatic heterocycles. The van der Waals surface area contributed by atoms with E-state index in [4.69, 9.17) is 0 Å². The Morgan fingerprint density at radius 3 is 2.50 bits per heavy atom. The Hall–Kier alpha value is -2.69. The van der Waals surface area contributed by atoms with Crippen molar-refractivity contribution in [3.05, 3.63) is 60.2 Å². The van der Waals surface area contributed by atoms with Gasteiger partial charge in [0, 0.05) is 5.56 Å². The average molecular weight is 238 g/mol. The lowest BCUT2D eigenvalue weighted by molar-refractivity contribution is 0.316. The fraction of sp³-hybridized carbons (Fsp3) is 0. The topological polar surface area (TPSA) is 63.3 Å². The molecule has 0 atom stereocenters. The van der Waals surface area contributed by atoms with E-state index < -0.39 is 0 Å². The van der Waals surface area contributed by atoms with Crippen LogP contribution in [0.3, 0.4) is 0 Å². The quantitative estimate of drug-likeness (QED) is 0.305. The highest BCUT2D eigenvalue weighted by Gasteiger charge is 2.12. The molecule has 3 rings (SSSR count). The standard InChI is InChI=1S/C13H10N4O/c18-15-13(10-6-2-1-3-7-10)17-12-9-5-4-8-11(12)14-16-17/h1-9,18H. The fourth-order valence-corrected chi connectivity index (χ4v) is 1.83. The van der Waals surface area contributed by atoms with Gasteiger partial charge in [-0.05, 0) is 12.1 Å². The maximum absolute atomic E-state index is 9.21. The first-order valence-corrected chi connectivity index (χ1v) is 5.48. The summed E-state index contributed by atoms with van der Waals surface area (Å²) in [4.78, 5) is 0. The van der Waals surface area contributed by atoms with Crippen LogP contribution in [0, 0.1) is 0 Å². The van der Waals surface area contributed by atoms with Gasteiger partial charge in [0.05, 0.1) is 5.52 Å². The summed E-state index contributed by atoms with van der Waals surface area (Å²) in [6.07, 6.45) is 0. The molecule has 0 aliphatic carbocycles. The van der Waals surface area contributed by atoms with Gasteiger partial charge in [-0.1, -0.05) is 52.8 Å². The summed E-state index contributed by atoms with van der Waals surface area (Å²) in [5.74, 6) is 0.351. The molecule has 0 amide bonds. The van der Waals surface area contributed by atoms with Gasteiger partial charge in [0.1, 0.15) is 5.52 Å². The van der Waals surface area contributed by atoms with E-state index >= 15 is 0 Å². The predicted molar refractivity (Wildman–Crippen MR) is 67.7 cm³/mol. The Kier molecular flexibility index (Phi) is 2.49. The van der Waals surface area contributed by atoms with Crippen LogP contribution in [0.2, 0.25) is 0 Å². The number of aromatic nitrogens is 3. The van der Waals surface area contributed by atoms with E-state index in [9.17, 15) is 5.21 Å². The van der Waals surface area contributed by atoms with Gasteiger partial charge in [-0.15, -0.1) is 5.10 Å². The molecule has 88 valence electrons. The van der Waals surface area contributed by atoms with Crippen LogP contribution in [0.4, 0.5) is 0 Å². The Bertz CT molecular complexity index is 703. The summed E-state index contributed by atoms with van der Waals surface area (Å²) in [5.41, 5.74) is 2.33. The van der Waals surface area contributed by atoms with Gasteiger partial charge < -0.3 is 5.21 Å². The third-order valence-electron chi connectivity index (χ3n) is 2.68. The van der Waals surface area contributed by atoms with Crippen molar-refractivity contribution in [1.29, 1.82) is 0 Å². The van der Waals surface area contributed by atoms with E-state index in [2.05, 4.69) is 15.5 Å². The second kappa shape index (κ2) is 4.29. The zero-order valence-electron chi connectivity index (χ0n) is 9.43. The Morgan fingerprint density at radius 1 is 1.00 bits per heavy atom. The number of para-hydroxylation sites is 1. The highest BCUT2D eigenvalue weighted by Crippen LogP contribution is 2.12. The first-order valence-electron chi connectivity index (χ1n) is 5.48. The van der Waals surface area contributed by atoms with Gasteiger partial charge in [0.2, 0.25) is 5.84 Å². The average Bonchev–Trinajstić information content (AvgIpc) is 2.85. The molecule has 0 fully saturated rings. The zero-order chi connectivity index (χ0) is 12.4. The molecule has 0 aliphatic heterocycles.